The maximum absolute atomic E-state index is 2.74. The van der Waals surface area contributed by atoms with Crippen LogP contribution in [0.15, 0.2) is 303 Å². The van der Waals surface area contributed by atoms with Gasteiger partial charge in [-0.15, -0.1) is 0 Å². The Morgan fingerprint density at radius 2 is 0.549 bits per heavy atom. The summed E-state index contributed by atoms with van der Waals surface area (Å²) in [5.74, 6) is 0. The van der Waals surface area contributed by atoms with Crippen LogP contribution in [-0.4, -0.2) is 0 Å². The lowest BCUT2D eigenvalue weighted by atomic mass is 9.65. The average molecular weight is 1460 g/mol. The first-order valence-corrected chi connectivity index (χ1v) is 43.1. The highest BCUT2D eigenvalue weighted by atomic mass is 15.2. The van der Waals surface area contributed by atoms with Gasteiger partial charge in [-0.2, -0.15) is 0 Å². The maximum Gasteiger partial charge on any atom is 0.0714 e. The summed E-state index contributed by atoms with van der Waals surface area (Å²) < 4.78 is 0. The van der Waals surface area contributed by atoms with Crippen LogP contribution in [0.1, 0.15) is 204 Å². The van der Waals surface area contributed by atoms with Crippen molar-refractivity contribution in [3.63, 3.8) is 0 Å². The van der Waals surface area contributed by atoms with Crippen LogP contribution >= 0.6 is 0 Å². The molecule has 0 aliphatic heterocycles. The van der Waals surface area contributed by atoms with E-state index in [1.807, 2.05) is 0 Å². The fourth-order valence-electron chi connectivity index (χ4n) is 22.0. The van der Waals surface area contributed by atoms with Crippen molar-refractivity contribution >= 4 is 34.1 Å². The zero-order valence-electron chi connectivity index (χ0n) is 65.8. The van der Waals surface area contributed by atoms with Gasteiger partial charge >= 0.3 is 0 Å². The molecule has 0 unspecified atom stereocenters. The van der Waals surface area contributed by atoms with Crippen LogP contribution in [0.2, 0.25) is 0 Å². The molecule has 0 aromatic heterocycles. The largest absolute Gasteiger partial charge is 0.309 e. The summed E-state index contributed by atoms with van der Waals surface area (Å²) in [6, 6.07) is 121. The Balaban J connectivity index is 0.799. The van der Waals surface area contributed by atoms with Gasteiger partial charge < -0.3 is 9.80 Å². The van der Waals surface area contributed by atoms with E-state index in [4.69, 9.17) is 0 Å². The van der Waals surface area contributed by atoms with Gasteiger partial charge in [-0.05, 0) is 246 Å². The molecule has 0 fully saturated rings. The van der Waals surface area contributed by atoms with Crippen molar-refractivity contribution in [1.82, 2.24) is 0 Å². The van der Waals surface area contributed by atoms with Gasteiger partial charge in [0.1, 0.15) is 0 Å². The van der Waals surface area contributed by atoms with Crippen molar-refractivity contribution in [2.24, 2.45) is 0 Å². The zero-order valence-corrected chi connectivity index (χ0v) is 65.8. The molecule has 0 N–H and O–H groups in total. The van der Waals surface area contributed by atoms with Crippen LogP contribution in [0, 0.1) is 0 Å². The number of anilines is 6. The standard InChI is InChI=1S/C111H100N2/c1-3-5-7-9-11-27-67-109(68-28-12-10-8-6-4-2)101-73-89(112(103-43-25-21-35-91(103)79-31-15-13-16-32-79)105-45-29-41-99-107(105)95-37-19-23-39-97(95)110(99,85-59-55-75-47-51-81(75)69-85)86-60-56-76-48-52-82(76)70-86)63-65-93(101)94-66-64-90(74-102(94)109)113(104-44-26-22-36-92(104)80-33-17-14-18-34-80)106-46-30-42-100-108(106)96-38-20-24-40-98(96)111(100,87-61-57-77-49-53-83(77)71-87)88-62-58-78-50-54-84(78)72-88/h13-26,29-46,55-66,69-74H,3-12,27-28,47-54,67-68H2,1-2H3. The van der Waals surface area contributed by atoms with Gasteiger partial charge in [0.25, 0.3) is 0 Å². The number of hydrogen-bond donors (Lipinski definition) is 0. The van der Waals surface area contributed by atoms with E-state index in [-0.39, 0.29) is 5.41 Å². The van der Waals surface area contributed by atoms with Crippen molar-refractivity contribution in [3.8, 4) is 55.6 Å². The Morgan fingerprint density at radius 1 is 0.230 bits per heavy atom. The minimum atomic E-state index is -0.546. The normalized spacial score (nSPS) is 15.1. The second-order valence-electron chi connectivity index (χ2n) is 33.9. The van der Waals surface area contributed by atoms with E-state index in [9.17, 15) is 0 Å². The van der Waals surface area contributed by atoms with Gasteiger partial charge in [0, 0.05) is 39.0 Å². The topological polar surface area (TPSA) is 6.48 Å². The summed E-state index contributed by atoms with van der Waals surface area (Å²) in [7, 11) is 0. The molecule has 7 aliphatic rings. The summed E-state index contributed by atoms with van der Waals surface area (Å²) in [6.07, 6.45) is 26.1. The van der Waals surface area contributed by atoms with Crippen molar-refractivity contribution in [2.45, 2.75) is 171 Å². The highest BCUT2D eigenvalue weighted by molar-refractivity contribution is 6.03. The molecule has 2 nitrogen and oxygen atoms in total. The van der Waals surface area contributed by atoms with Crippen molar-refractivity contribution in [1.29, 1.82) is 0 Å². The number of para-hydroxylation sites is 2. The summed E-state index contributed by atoms with van der Waals surface area (Å²) in [6.45, 7) is 4.72. The highest BCUT2D eigenvalue weighted by Gasteiger charge is 2.52. The van der Waals surface area contributed by atoms with Crippen LogP contribution in [0.5, 0.6) is 0 Å². The van der Waals surface area contributed by atoms with E-state index in [1.165, 1.54) is 254 Å². The second-order valence-corrected chi connectivity index (χ2v) is 33.9. The molecule has 2 heteroatoms. The summed E-state index contributed by atoms with van der Waals surface area (Å²) in [5, 5.41) is 0. The van der Waals surface area contributed by atoms with Crippen LogP contribution in [-0.2, 0) is 67.6 Å². The molecule has 0 atom stereocenters. The Kier molecular flexibility index (Phi) is 17.7. The molecule has 554 valence electrons. The number of aryl methyl sites for hydroxylation is 8. The number of benzene rings is 14. The Labute approximate surface area is 670 Å². The van der Waals surface area contributed by atoms with E-state index in [0.29, 0.717) is 0 Å². The monoisotopic (exact) mass is 1460 g/mol. The number of rotatable bonds is 26. The summed E-state index contributed by atoms with van der Waals surface area (Å²) in [5.41, 5.74) is 44.4. The third kappa shape index (κ3) is 11.1. The highest BCUT2D eigenvalue weighted by Crippen LogP contribution is 2.65. The van der Waals surface area contributed by atoms with Crippen LogP contribution in [0.4, 0.5) is 34.1 Å². The van der Waals surface area contributed by atoms with Gasteiger partial charge in [-0.3, -0.25) is 0 Å². The zero-order chi connectivity index (χ0) is 75.2. The lowest BCUT2D eigenvalue weighted by molar-refractivity contribution is 0.398. The second kappa shape index (κ2) is 28.7. The lowest BCUT2D eigenvalue weighted by Gasteiger charge is -2.37. The first kappa shape index (κ1) is 69.6. The molecule has 0 amide bonds. The van der Waals surface area contributed by atoms with Crippen molar-refractivity contribution < 1.29 is 0 Å². The molecule has 0 bridgehead atoms. The van der Waals surface area contributed by atoms with Crippen molar-refractivity contribution in [3.05, 3.63) is 403 Å². The molecule has 0 spiro atoms. The molecule has 0 radical (unpaired) electrons. The predicted octanol–water partition coefficient (Wildman–Crippen LogP) is 28.8. The molecule has 0 saturated carbocycles. The Bertz CT molecular complexity index is 5550. The van der Waals surface area contributed by atoms with E-state index < -0.39 is 10.8 Å². The third-order valence-corrected chi connectivity index (χ3v) is 28.0. The Morgan fingerprint density at radius 3 is 0.912 bits per heavy atom. The quantitative estimate of drug-likeness (QED) is 0.0499. The van der Waals surface area contributed by atoms with Gasteiger partial charge in [-0.25, -0.2) is 0 Å². The fourth-order valence-corrected chi connectivity index (χ4v) is 22.0. The van der Waals surface area contributed by atoms with E-state index in [0.717, 1.165) is 77.0 Å². The minimum Gasteiger partial charge on any atom is -0.309 e. The molecule has 0 heterocycles. The Hall–Kier alpha value is -11.3. The number of unbranched alkanes of at least 4 members (excludes halogenated alkanes) is 10. The van der Waals surface area contributed by atoms with Crippen molar-refractivity contribution in [2.75, 3.05) is 9.80 Å². The number of nitrogens with zero attached hydrogens (tertiary/aromatic N) is 2. The molecule has 7 aliphatic carbocycles. The van der Waals surface area contributed by atoms with Crippen LogP contribution in [0.25, 0.3) is 55.6 Å². The molecule has 21 rings (SSSR count). The smallest absolute Gasteiger partial charge is 0.0714 e. The molecular formula is C111H100N2. The van der Waals surface area contributed by atoms with Gasteiger partial charge in [-0.1, -0.05) is 346 Å². The number of hydrogen-bond acceptors (Lipinski definition) is 2. The average Bonchev–Trinajstić information content (AvgIpc) is 1.54. The molecule has 0 saturated heterocycles. The lowest BCUT2D eigenvalue weighted by Crippen LogP contribution is -2.30. The van der Waals surface area contributed by atoms with Crippen LogP contribution < -0.4 is 9.80 Å². The third-order valence-electron chi connectivity index (χ3n) is 28.0. The van der Waals surface area contributed by atoms with Gasteiger partial charge in [0.05, 0.1) is 33.6 Å². The molecule has 113 heavy (non-hydrogen) atoms. The van der Waals surface area contributed by atoms with E-state index in [2.05, 4.69) is 327 Å². The molecular weight excluding hydrogens is 1360 g/mol. The van der Waals surface area contributed by atoms with Crippen LogP contribution in [0.3, 0.4) is 0 Å². The summed E-state index contributed by atoms with van der Waals surface area (Å²) >= 11 is 0. The summed E-state index contributed by atoms with van der Waals surface area (Å²) in [4.78, 5) is 5.44. The minimum absolute atomic E-state index is 0.324. The number of fused-ring (bicyclic) bond motifs is 13. The first-order chi connectivity index (χ1) is 55.9. The van der Waals surface area contributed by atoms with E-state index >= 15 is 0 Å². The predicted molar refractivity (Wildman–Crippen MR) is 473 cm³/mol. The van der Waals surface area contributed by atoms with Gasteiger partial charge in [0.2, 0.25) is 0 Å². The SMILES string of the molecule is CCCCCCCCC1(CCCCCCCC)c2cc(N(c3ccccc3-c3ccccc3)c3cccc4c3-c3ccccc3C4(c3ccc4c(c3)CC4)c3ccc4c(c3)CC4)ccc2-c2ccc(N(c3ccccc3-c3ccccc3)c3cccc4c3-c3ccccc3C4(c3ccc4c(c3)CC4)c3ccc4c(c3)CC4)cc21. The maximum atomic E-state index is 2.74. The fraction of sp³-hybridized carbons (Fsp3) is 0.243. The molecule has 14 aromatic rings. The molecule has 14 aromatic carbocycles. The first-order valence-electron chi connectivity index (χ1n) is 43.1. The van der Waals surface area contributed by atoms with E-state index in [1.54, 1.807) is 0 Å². The van der Waals surface area contributed by atoms with Gasteiger partial charge in [0.15, 0.2) is 0 Å².